The number of carbonyl (C=O) groups excluding carboxylic acids is 3. The Morgan fingerprint density at radius 3 is 2.27 bits per heavy atom. The van der Waals surface area contributed by atoms with E-state index in [2.05, 4.69) is 10.6 Å². The van der Waals surface area contributed by atoms with E-state index in [9.17, 15) is 14.4 Å². The summed E-state index contributed by atoms with van der Waals surface area (Å²) in [4.78, 5) is 39.2. The molecule has 134 valence electrons. The van der Waals surface area contributed by atoms with E-state index in [0.717, 1.165) is 4.90 Å². The minimum Gasteiger partial charge on any atom is -0.308 e. The maximum atomic E-state index is 12.4. The largest absolute Gasteiger partial charge is 0.323 e. The van der Waals surface area contributed by atoms with Gasteiger partial charge in [0.1, 0.15) is 0 Å². The molecule has 1 aliphatic rings. The number of imide groups is 1. The first-order valence-electron chi connectivity index (χ1n) is 8.14. The second-order valence-electron chi connectivity index (χ2n) is 6.15. The lowest BCUT2D eigenvalue weighted by Gasteiger charge is -2.17. The summed E-state index contributed by atoms with van der Waals surface area (Å²) >= 11 is 1.58. The van der Waals surface area contributed by atoms with Crippen LogP contribution in [-0.2, 0) is 0 Å². The van der Waals surface area contributed by atoms with Crippen molar-refractivity contribution in [3.8, 4) is 0 Å². The Kier molecular flexibility index (Phi) is 4.99. The second kappa shape index (κ2) is 7.21. The second-order valence-corrected chi connectivity index (χ2v) is 7.03. The zero-order valence-corrected chi connectivity index (χ0v) is 15.5. The molecule has 0 saturated heterocycles. The summed E-state index contributed by atoms with van der Waals surface area (Å²) in [5.41, 5.74) is 1.80. The molecule has 1 heterocycles. The average Bonchev–Trinajstić information content (AvgIpc) is 2.85. The van der Waals surface area contributed by atoms with E-state index in [1.54, 1.807) is 43.8 Å². The fraction of sp³-hybridized carbons (Fsp3) is 0.211. The number of nitrogens with one attached hydrogen (secondary N) is 2. The number of hydrogen-bond acceptors (Lipinski definition) is 4. The number of urea groups is 1. The van der Waals surface area contributed by atoms with Crippen LogP contribution in [0.25, 0.3) is 0 Å². The van der Waals surface area contributed by atoms with Crippen molar-refractivity contribution in [2.75, 3.05) is 16.9 Å². The van der Waals surface area contributed by atoms with Crippen molar-refractivity contribution >= 4 is 41.0 Å². The quantitative estimate of drug-likeness (QED) is 0.629. The molecule has 2 aromatic rings. The summed E-state index contributed by atoms with van der Waals surface area (Å²) in [5, 5.41) is 5.45. The fourth-order valence-electron chi connectivity index (χ4n) is 2.80. The molecule has 0 aromatic heterocycles. The van der Waals surface area contributed by atoms with Crippen molar-refractivity contribution in [1.29, 1.82) is 0 Å². The Bertz CT molecular complexity index is 895. The van der Waals surface area contributed by atoms with Gasteiger partial charge < -0.3 is 10.6 Å². The summed E-state index contributed by atoms with van der Waals surface area (Å²) in [6.07, 6.45) is 1.96. The number of amides is 4. The molecule has 0 atom stereocenters. The third kappa shape index (κ3) is 3.43. The predicted octanol–water partition coefficient (Wildman–Crippen LogP) is 4.06. The lowest BCUT2D eigenvalue weighted by Crippen LogP contribution is -2.35. The van der Waals surface area contributed by atoms with Crippen molar-refractivity contribution < 1.29 is 14.4 Å². The monoisotopic (exact) mass is 369 g/mol. The molecule has 3 rings (SSSR count). The fourth-order valence-corrected chi connectivity index (χ4v) is 3.26. The van der Waals surface area contributed by atoms with Crippen LogP contribution in [0.4, 0.5) is 16.2 Å². The van der Waals surface area contributed by atoms with Gasteiger partial charge in [0, 0.05) is 22.3 Å². The molecule has 0 radical (unpaired) electrons. The van der Waals surface area contributed by atoms with E-state index >= 15 is 0 Å². The number of rotatable bonds is 4. The zero-order chi connectivity index (χ0) is 18.8. The molecular weight excluding hydrogens is 350 g/mol. The highest BCUT2D eigenvalue weighted by atomic mass is 32.2. The van der Waals surface area contributed by atoms with Crippen LogP contribution in [0.3, 0.4) is 0 Å². The van der Waals surface area contributed by atoms with E-state index in [4.69, 9.17) is 0 Å². The van der Waals surface area contributed by atoms with Gasteiger partial charge in [-0.25, -0.2) is 4.79 Å². The Labute approximate surface area is 156 Å². The molecule has 2 aromatic carbocycles. The summed E-state index contributed by atoms with van der Waals surface area (Å²) in [6.45, 7) is 3.58. The smallest absolute Gasteiger partial charge is 0.308 e. The standard InChI is InChI=1S/C19H19N3O3S/c1-11(2)22-17(23)15-8-7-13(10-16(15)18(22)24)21-19(25)20-12-5-4-6-14(9-12)26-3/h4-11H,1-3H3,(H2,20,21,25). The molecule has 0 fully saturated rings. The first-order valence-corrected chi connectivity index (χ1v) is 9.37. The zero-order valence-electron chi connectivity index (χ0n) is 14.7. The molecule has 0 unspecified atom stereocenters. The maximum Gasteiger partial charge on any atom is 0.323 e. The maximum absolute atomic E-state index is 12.4. The van der Waals surface area contributed by atoms with Crippen molar-refractivity contribution in [2.24, 2.45) is 0 Å². The van der Waals surface area contributed by atoms with E-state index in [0.29, 0.717) is 22.5 Å². The van der Waals surface area contributed by atoms with Crippen molar-refractivity contribution in [3.05, 3.63) is 53.6 Å². The van der Waals surface area contributed by atoms with Crippen LogP contribution in [0.2, 0.25) is 0 Å². The lowest BCUT2D eigenvalue weighted by molar-refractivity contribution is 0.0609. The Morgan fingerprint density at radius 1 is 0.962 bits per heavy atom. The molecule has 0 saturated carbocycles. The minimum absolute atomic E-state index is 0.217. The van der Waals surface area contributed by atoms with Gasteiger partial charge in [-0.2, -0.15) is 0 Å². The van der Waals surface area contributed by atoms with Gasteiger partial charge in [-0.15, -0.1) is 11.8 Å². The summed E-state index contributed by atoms with van der Waals surface area (Å²) in [5.74, 6) is -0.637. The molecule has 0 spiro atoms. The number of carbonyl (C=O) groups is 3. The molecule has 0 bridgehead atoms. The number of benzene rings is 2. The average molecular weight is 369 g/mol. The van der Waals surface area contributed by atoms with Gasteiger partial charge in [0.25, 0.3) is 11.8 Å². The van der Waals surface area contributed by atoms with Crippen molar-refractivity contribution in [1.82, 2.24) is 4.90 Å². The van der Waals surface area contributed by atoms with E-state index < -0.39 is 6.03 Å². The number of fused-ring (bicyclic) bond motifs is 1. The summed E-state index contributed by atoms with van der Waals surface area (Å²) < 4.78 is 0. The van der Waals surface area contributed by atoms with E-state index in [1.165, 1.54) is 11.0 Å². The van der Waals surface area contributed by atoms with Crippen LogP contribution < -0.4 is 10.6 Å². The third-order valence-electron chi connectivity index (χ3n) is 4.02. The van der Waals surface area contributed by atoms with E-state index in [-0.39, 0.29) is 17.9 Å². The Morgan fingerprint density at radius 2 is 1.62 bits per heavy atom. The van der Waals surface area contributed by atoms with Gasteiger partial charge in [0.05, 0.1) is 11.1 Å². The summed E-state index contributed by atoms with van der Waals surface area (Å²) in [6, 6.07) is 11.6. The molecule has 2 N–H and O–H groups in total. The van der Waals surface area contributed by atoms with Gasteiger partial charge in [0.15, 0.2) is 0 Å². The highest BCUT2D eigenvalue weighted by molar-refractivity contribution is 7.98. The van der Waals surface area contributed by atoms with Crippen LogP contribution in [0.15, 0.2) is 47.4 Å². The molecular formula is C19H19N3O3S. The predicted molar refractivity (Wildman–Crippen MR) is 103 cm³/mol. The first kappa shape index (κ1) is 18.0. The van der Waals surface area contributed by atoms with Gasteiger partial charge in [-0.3, -0.25) is 14.5 Å². The lowest BCUT2D eigenvalue weighted by atomic mass is 10.1. The molecule has 0 aliphatic carbocycles. The number of nitrogens with zero attached hydrogens (tertiary/aromatic N) is 1. The summed E-state index contributed by atoms with van der Waals surface area (Å²) in [7, 11) is 0. The van der Waals surface area contributed by atoms with Gasteiger partial charge >= 0.3 is 6.03 Å². The molecule has 7 heteroatoms. The van der Waals surface area contributed by atoms with Crippen LogP contribution in [0.5, 0.6) is 0 Å². The third-order valence-corrected chi connectivity index (χ3v) is 4.75. The molecule has 4 amide bonds. The normalized spacial score (nSPS) is 13.2. The van der Waals surface area contributed by atoms with Gasteiger partial charge in [-0.05, 0) is 56.5 Å². The van der Waals surface area contributed by atoms with Gasteiger partial charge in [0.2, 0.25) is 0 Å². The number of thioether (sulfide) groups is 1. The van der Waals surface area contributed by atoms with Crippen LogP contribution in [0, 0.1) is 0 Å². The molecule has 1 aliphatic heterocycles. The van der Waals surface area contributed by atoms with Crippen LogP contribution in [-0.4, -0.2) is 35.0 Å². The number of anilines is 2. The first-order chi connectivity index (χ1) is 12.4. The van der Waals surface area contributed by atoms with Crippen molar-refractivity contribution in [2.45, 2.75) is 24.8 Å². The highest BCUT2D eigenvalue weighted by Crippen LogP contribution is 2.27. The molecule has 6 nitrogen and oxygen atoms in total. The van der Waals surface area contributed by atoms with Crippen LogP contribution in [0.1, 0.15) is 34.6 Å². The Hall–Kier alpha value is -2.80. The minimum atomic E-state index is -0.416. The molecule has 26 heavy (non-hydrogen) atoms. The topological polar surface area (TPSA) is 78.5 Å². The highest BCUT2D eigenvalue weighted by Gasteiger charge is 2.37. The van der Waals surface area contributed by atoms with Crippen LogP contribution >= 0.6 is 11.8 Å². The van der Waals surface area contributed by atoms with Gasteiger partial charge in [-0.1, -0.05) is 6.07 Å². The van der Waals surface area contributed by atoms with E-state index in [1.807, 2.05) is 24.5 Å². The van der Waals surface area contributed by atoms with Crippen molar-refractivity contribution in [3.63, 3.8) is 0 Å². The Balaban J connectivity index is 1.75. The SMILES string of the molecule is CSc1cccc(NC(=O)Nc2ccc3c(c2)C(=O)N(C(C)C)C3=O)c1. The number of hydrogen-bond donors (Lipinski definition) is 2.